The van der Waals surface area contributed by atoms with Gasteiger partial charge in [0.15, 0.2) is 0 Å². The predicted octanol–water partition coefficient (Wildman–Crippen LogP) is 1.58. The highest BCUT2D eigenvalue weighted by atomic mass is 32.2. The van der Waals surface area contributed by atoms with Crippen LogP contribution in [-0.2, 0) is 11.0 Å². The van der Waals surface area contributed by atoms with E-state index < -0.39 is 29.4 Å². The van der Waals surface area contributed by atoms with Gasteiger partial charge < -0.3 is 10.4 Å². The first kappa shape index (κ1) is 16.5. The zero-order valence-corrected chi connectivity index (χ0v) is 12.0. The van der Waals surface area contributed by atoms with Crippen molar-refractivity contribution in [2.45, 2.75) is 24.6 Å². The summed E-state index contributed by atoms with van der Waals surface area (Å²) in [7, 11) is 0. The number of amides is 1. The fraction of sp³-hybridized carbons (Fsp3) is 0.500. The van der Waals surface area contributed by atoms with E-state index in [0.29, 0.717) is 11.5 Å². The first-order valence-electron chi connectivity index (χ1n) is 6.27. The molecule has 0 aliphatic carbocycles. The molecule has 1 aromatic heterocycles. The molecule has 0 atom stereocenters. The normalized spacial score (nSPS) is 17.8. The van der Waals surface area contributed by atoms with Crippen LogP contribution < -0.4 is 5.32 Å². The smallest absolute Gasteiger partial charge is 0.451 e. The van der Waals surface area contributed by atoms with Crippen LogP contribution >= 0.6 is 11.8 Å². The van der Waals surface area contributed by atoms with Gasteiger partial charge >= 0.3 is 12.1 Å². The summed E-state index contributed by atoms with van der Waals surface area (Å²) >= 11 is 1.58. The van der Waals surface area contributed by atoms with E-state index in [1.807, 2.05) is 0 Å². The molecule has 2 heterocycles. The molecule has 1 aliphatic rings. The summed E-state index contributed by atoms with van der Waals surface area (Å²) < 4.78 is 37.1. The predicted molar refractivity (Wildman–Crippen MR) is 71.4 cm³/mol. The number of carbonyl (C=O) groups is 2. The first-order chi connectivity index (χ1) is 10.2. The maximum Gasteiger partial charge on any atom is 0.451 e. The number of carbonyl (C=O) groups excluding carboxylic acids is 1. The minimum absolute atomic E-state index is 0.216. The lowest BCUT2D eigenvalue weighted by Gasteiger charge is -2.33. The second-order valence-corrected chi connectivity index (χ2v) is 5.97. The topological polar surface area (TPSA) is 92.2 Å². The van der Waals surface area contributed by atoms with E-state index in [1.54, 1.807) is 11.8 Å². The van der Waals surface area contributed by atoms with E-state index in [-0.39, 0.29) is 18.4 Å². The Hall–Kier alpha value is -1.84. The number of rotatable bonds is 3. The molecule has 0 bridgehead atoms. The van der Waals surface area contributed by atoms with E-state index in [1.165, 1.54) is 0 Å². The quantitative estimate of drug-likeness (QED) is 0.871. The van der Waals surface area contributed by atoms with E-state index >= 15 is 0 Å². The molecule has 1 amide bonds. The molecule has 0 unspecified atom stereocenters. The van der Waals surface area contributed by atoms with Crippen LogP contribution in [0.4, 0.5) is 13.2 Å². The van der Waals surface area contributed by atoms with Gasteiger partial charge in [0.2, 0.25) is 5.82 Å². The van der Waals surface area contributed by atoms with E-state index in [0.717, 1.165) is 12.4 Å². The lowest BCUT2D eigenvalue weighted by Crippen LogP contribution is -2.56. The van der Waals surface area contributed by atoms with Crippen molar-refractivity contribution in [1.29, 1.82) is 0 Å². The molecule has 0 saturated carbocycles. The van der Waals surface area contributed by atoms with Crippen LogP contribution in [0, 0.1) is 0 Å². The van der Waals surface area contributed by atoms with Gasteiger partial charge in [-0.25, -0.2) is 14.8 Å². The third-order valence-electron chi connectivity index (χ3n) is 3.28. The molecule has 2 rings (SSSR count). The minimum atomic E-state index is -4.70. The molecule has 6 nitrogen and oxygen atoms in total. The Bertz CT molecular complexity index is 571. The summed E-state index contributed by atoms with van der Waals surface area (Å²) in [4.78, 5) is 29.6. The maximum atomic E-state index is 12.4. The molecule has 1 aromatic rings. The van der Waals surface area contributed by atoms with Gasteiger partial charge in [0.1, 0.15) is 5.54 Å². The Kier molecular flexibility index (Phi) is 4.59. The average molecular weight is 335 g/mol. The third-order valence-corrected chi connectivity index (χ3v) is 4.26. The first-order valence-corrected chi connectivity index (χ1v) is 7.43. The van der Waals surface area contributed by atoms with Crippen LogP contribution in [0.25, 0.3) is 0 Å². The molecule has 22 heavy (non-hydrogen) atoms. The number of hydrogen-bond donors (Lipinski definition) is 2. The monoisotopic (exact) mass is 335 g/mol. The van der Waals surface area contributed by atoms with Gasteiger partial charge in [0.05, 0.1) is 5.56 Å². The molecule has 2 N–H and O–H groups in total. The number of nitrogens with one attached hydrogen (secondary N) is 1. The van der Waals surface area contributed by atoms with E-state index in [9.17, 15) is 27.9 Å². The minimum Gasteiger partial charge on any atom is -0.480 e. The van der Waals surface area contributed by atoms with Gasteiger partial charge in [-0.05, 0) is 24.3 Å². The number of nitrogens with zero attached hydrogens (tertiary/aromatic N) is 2. The number of carboxylic acids is 1. The number of carboxylic acid groups (broad SMARTS) is 1. The molecule has 0 radical (unpaired) electrons. The second-order valence-electron chi connectivity index (χ2n) is 4.75. The van der Waals surface area contributed by atoms with Gasteiger partial charge in [0.25, 0.3) is 5.91 Å². The Morgan fingerprint density at radius 2 is 1.77 bits per heavy atom. The molecule has 120 valence electrons. The standard InChI is InChI=1S/C12H12F3N3O3S/c13-12(14,15)9-16-5-7(6-17-9)8(19)18-11(10(20)21)1-3-22-4-2-11/h5-6H,1-4H2,(H,18,19)(H,20,21). The number of aliphatic carboxylic acids is 1. The van der Waals surface area contributed by atoms with Crippen molar-refractivity contribution in [2.24, 2.45) is 0 Å². The lowest BCUT2D eigenvalue weighted by atomic mass is 9.92. The van der Waals surface area contributed by atoms with Gasteiger partial charge in [-0.2, -0.15) is 24.9 Å². The SMILES string of the molecule is O=C(NC1(C(=O)O)CCSCC1)c1cnc(C(F)(F)F)nc1. The summed E-state index contributed by atoms with van der Waals surface area (Å²) in [5.74, 6) is -2.16. The highest BCUT2D eigenvalue weighted by Crippen LogP contribution is 2.28. The zero-order valence-electron chi connectivity index (χ0n) is 11.2. The summed E-state index contributed by atoms with van der Waals surface area (Å²) in [6, 6.07) is 0. The fourth-order valence-electron chi connectivity index (χ4n) is 1.99. The highest BCUT2D eigenvalue weighted by molar-refractivity contribution is 7.99. The summed E-state index contributed by atoms with van der Waals surface area (Å²) in [6.45, 7) is 0. The summed E-state index contributed by atoms with van der Waals surface area (Å²) in [5.41, 5.74) is -1.61. The van der Waals surface area contributed by atoms with Crippen molar-refractivity contribution >= 4 is 23.6 Å². The molecule has 0 spiro atoms. The van der Waals surface area contributed by atoms with Crippen LogP contribution in [0.5, 0.6) is 0 Å². The van der Waals surface area contributed by atoms with Gasteiger partial charge in [-0.3, -0.25) is 4.79 Å². The number of aromatic nitrogens is 2. The summed E-state index contributed by atoms with van der Waals surface area (Å²) in [5, 5.41) is 11.7. The number of halogens is 3. The highest BCUT2D eigenvalue weighted by Gasteiger charge is 2.41. The molecule has 0 aromatic carbocycles. The molecule has 1 fully saturated rings. The van der Waals surface area contributed by atoms with Gasteiger partial charge in [0, 0.05) is 12.4 Å². The van der Waals surface area contributed by atoms with E-state index in [4.69, 9.17) is 0 Å². The van der Waals surface area contributed by atoms with Crippen LogP contribution in [0.15, 0.2) is 12.4 Å². The summed E-state index contributed by atoms with van der Waals surface area (Å²) in [6.07, 6.45) is -2.73. The Morgan fingerprint density at radius 3 is 2.23 bits per heavy atom. The second kappa shape index (κ2) is 6.11. The van der Waals surface area contributed by atoms with Crippen molar-refractivity contribution in [1.82, 2.24) is 15.3 Å². The van der Waals surface area contributed by atoms with Crippen molar-refractivity contribution in [3.05, 3.63) is 23.8 Å². The Balaban J connectivity index is 2.15. The van der Waals surface area contributed by atoms with Crippen LogP contribution in [-0.4, -0.2) is 44.0 Å². The van der Waals surface area contributed by atoms with Crippen LogP contribution in [0.3, 0.4) is 0 Å². The van der Waals surface area contributed by atoms with Crippen LogP contribution in [0.2, 0.25) is 0 Å². The largest absolute Gasteiger partial charge is 0.480 e. The third kappa shape index (κ3) is 3.49. The molecular weight excluding hydrogens is 323 g/mol. The van der Waals surface area contributed by atoms with Crippen LogP contribution in [0.1, 0.15) is 29.0 Å². The Labute approximate surface area is 127 Å². The van der Waals surface area contributed by atoms with Crippen molar-refractivity contribution in [2.75, 3.05) is 11.5 Å². The fourth-order valence-corrected chi connectivity index (χ4v) is 3.18. The molecule has 1 saturated heterocycles. The lowest BCUT2D eigenvalue weighted by molar-refractivity contribution is -0.145. The van der Waals surface area contributed by atoms with Crippen molar-refractivity contribution in [3.63, 3.8) is 0 Å². The van der Waals surface area contributed by atoms with Crippen molar-refractivity contribution in [3.8, 4) is 0 Å². The van der Waals surface area contributed by atoms with Crippen molar-refractivity contribution < 1.29 is 27.9 Å². The maximum absolute atomic E-state index is 12.4. The molecular formula is C12H12F3N3O3S. The molecule has 10 heteroatoms. The number of thioether (sulfide) groups is 1. The van der Waals surface area contributed by atoms with Gasteiger partial charge in [-0.15, -0.1) is 0 Å². The molecule has 1 aliphatic heterocycles. The number of alkyl halides is 3. The number of hydrogen-bond acceptors (Lipinski definition) is 5. The Morgan fingerprint density at radius 1 is 1.23 bits per heavy atom. The average Bonchev–Trinajstić information content (AvgIpc) is 2.47. The zero-order chi connectivity index (χ0) is 16.4. The van der Waals surface area contributed by atoms with E-state index in [2.05, 4.69) is 15.3 Å². The van der Waals surface area contributed by atoms with Gasteiger partial charge in [-0.1, -0.05) is 0 Å².